The first-order valence-corrected chi connectivity index (χ1v) is 7.55. The van der Waals surface area contributed by atoms with Crippen LogP contribution in [0.3, 0.4) is 0 Å². The summed E-state index contributed by atoms with van der Waals surface area (Å²) in [5.74, 6) is 2.08. The number of aromatic nitrogens is 2. The van der Waals surface area contributed by atoms with E-state index in [1.54, 1.807) is 0 Å². The van der Waals surface area contributed by atoms with Gasteiger partial charge in [0.25, 0.3) is 0 Å². The lowest BCUT2D eigenvalue weighted by atomic mass is 10.1. The van der Waals surface area contributed by atoms with Crippen LogP contribution < -0.4 is 5.32 Å². The summed E-state index contributed by atoms with van der Waals surface area (Å²) in [7, 11) is 0. The SMILES string of the molecule is CCCOCc1nc(NCC)c(I)c(C(C)C)n1. The van der Waals surface area contributed by atoms with Gasteiger partial charge < -0.3 is 10.1 Å². The third kappa shape index (κ3) is 4.35. The number of ether oxygens (including phenoxy) is 1. The first-order valence-electron chi connectivity index (χ1n) is 6.48. The van der Waals surface area contributed by atoms with Gasteiger partial charge in [-0.25, -0.2) is 9.97 Å². The third-order valence-corrected chi connectivity index (χ3v) is 3.46. The molecule has 0 saturated carbocycles. The van der Waals surface area contributed by atoms with E-state index in [1.165, 1.54) is 0 Å². The molecule has 0 amide bonds. The van der Waals surface area contributed by atoms with Gasteiger partial charge in [0.1, 0.15) is 12.4 Å². The second kappa shape index (κ2) is 7.89. The van der Waals surface area contributed by atoms with E-state index in [9.17, 15) is 0 Å². The molecular formula is C13H22IN3O. The number of halogens is 1. The van der Waals surface area contributed by atoms with Crippen molar-refractivity contribution >= 4 is 28.4 Å². The van der Waals surface area contributed by atoms with Crippen LogP contribution in [0.5, 0.6) is 0 Å². The Kier molecular flexibility index (Phi) is 6.85. The fraction of sp³-hybridized carbons (Fsp3) is 0.692. The smallest absolute Gasteiger partial charge is 0.156 e. The van der Waals surface area contributed by atoms with Crippen molar-refractivity contribution in [3.8, 4) is 0 Å². The molecule has 0 saturated heterocycles. The lowest BCUT2D eigenvalue weighted by Gasteiger charge is -2.14. The van der Waals surface area contributed by atoms with Gasteiger partial charge in [-0.2, -0.15) is 0 Å². The fourth-order valence-corrected chi connectivity index (χ4v) is 2.61. The van der Waals surface area contributed by atoms with E-state index in [1.807, 2.05) is 0 Å². The molecule has 0 aliphatic heterocycles. The molecule has 0 bridgehead atoms. The van der Waals surface area contributed by atoms with E-state index in [0.717, 1.165) is 40.5 Å². The zero-order valence-corrected chi connectivity index (χ0v) is 13.7. The molecule has 1 heterocycles. The van der Waals surface area contributed by atoms with E-state index in [2.05, 4.69) is 65.6 Å². The molecule has 1 aromatic rings. The van der Waals surface area contributed by atoms with Gasteiger partial charge >= 0.3 is 0 Å². The largest absolute Gasteiger partial charge is 0.373 e. The summed E-state index contributed by atoms with van der Waals surface area (Å²) in [6.07, 6.45) is 1.02. The predicted molar refractivity (Wildman–Crippen MR) is 82.9 cm³/mol. The zero-order chi connectivity index (χ0) is 13.5. The standard InChI is InChI=1S/C13H22IN3O/c1-5-7-18-8-10-16-12(9(3)4)11(14)13(17-10)15-6-2/h9H,5-8H2,1-4H3,(H,15,16,17). The molecule has 102 valence electrons. The number of nitrogens with one attached hydrogen (secondary N) is 1. The summed E-state index contributed by atoms with van der Waals surface area (Å²) in [5, 5.41) is 3.29. The van der Waals surface area contributed by atoms with Crippen molar-refractivity contribution < 1.29 is 4.74 Å². The normalized spacial score (nSPS) is 11.0. The molecule has 5 heteroatoms. The number of rotatable bonds is 7. The van der Waals surface area contributed by atoms with E-state index in [-0.39, 0.29) is 0 Å². The Bertz CT molecular complexity index is 383. The van der Waals surface area contributed by atoms with Crippen LogP contribution in [0.2, 0.25) is 0 Å². The van der Waals surface area contributed by atoms with Gasteiger partial charge in [0.15, 0.2) is 5.82 Å². The first kappa shape index (κ1) is 15.6. The Labute approximate surface area is 123 Å². The minimum atomic E-state index is 0.391. The topological polar surface area (TPSA) is 47.0 Å². The maximum Gasteiger partial charge on any atom is 0.156 e. The van der Waals surface area contributed by atoms with Crippen molar-refractivity contribution in [3.05, 3.63) is 15.1 Å². The highest BCUT2D eigenvalue weighted by Crippen LogP contribution is 2.25. The van der Waals surface area contributed by atoms with Crippen LogP contribution in [0.1, 0.15) is 51.6 Å². The van der Waals surface area contributed by atoms with Crippen LogP contribution in [0.25, 0.3) is 0 Å². The van der Waals surface area contributed by atoms with Crippen molar-refractivity contribution in [2.45, 2.75) is 46.6 Å². The highest BCUT2D eigenvalue weighted by atomic mass is 127. The van der Waals surface area contributed by atoms with Crippen molar-refractivity contribution in [2.75, 3.05) is 18.5 Å². The van der Waals surface area contributed by atoms with Gasteiger partial charge in [0, 0.05) is 13.2 Å². The molecular weight excluding hydrogens is 341 g/mol. The van der Waals surface area contributed by atoms with Gasteiger partial charge in [-0.1, -0.05) is 20.8 Å². The Morgan fingerprint density at radius 2 is 2.00 bits per heavy atom. The number of hydrogen-bond donors (Lipinski definition) is 1. The Hall–Kier alpha value is -0.430. The molecule has 1 N–H and O–H groups in total. The quantitative estimate of drug-likeness (QED) is 0.594. The van der Waals surface area contributed by atoms with Crippen LogP contribution in [0.15, 0.2) is 0 Å². The summed E-state index contributed by atoms with van der Waals surface area (Å²) in [6, 6.07) is 0. The summed E-state index contributed by atoms with van der Waals surface area (Å²) in [6.45, 7) is 10.6. The van der Waals surface area contributed by atoms with Crippen molar-refractivity contribution in [3.63, 3.8) is 0 Å². The molecule has 0 aliphatic carbocycles. The van der Waals surface area contributed by atoms with Crippen molar-refractivity contribution in [1.82, 2.24) is 9.97 Å². The second-order valence-electron chi connectivity index (χ2n) is 4.43. The first-order chi connectivity index (χ1) is 8.60. The van der Waals surface area contributed by atoms with Gasteiger partial charge in [0.2, 0.25) is 0 Å². The average molecular weight is 363 g/mol. The molecule has 0 aromatic carbocycles. The Morgan fingerprint density at radius 3 is 2.56 bits per heavy atom. The molecule has 0 spiro atoms. The molecule has 0 unspecified atom stereocenters. The molecule has 4 nitrogen and oxygen atoms in total. The minimum Gasteiger partial charge on any atom is -0.373 e. The van der Waals surface area contributed by atoms with Gasteiger partial charge in [-0.05, 0) is 41.9 Å². The van der Waals surface area contributed by atoms with Crippen LogP contribution in [0.4, 0.5) is 5.82 Å². The van der Waals surface area contributed by atoms with E-state index in [4.69, 9.17) is 4.74 Å². The molecule has 0 atom stereocenters. The number of hydrogen-bond acceptors (Lipinski definition) is 4. The van der Waals surface area contributed by atoms with Crippen molar-refractivity contribution in [2.24, 2.45) is 0 Å². The minimum absolute atomic E-state index is 0.391. The Balaban J connectivity index is 2.96. The lowest BCUT2D eigenvalue weighted by molar-refractivity contribution is 0.116. The third-order valence-electron chi connectivity index (χ3n) is 2.39. The van der Waals surface area contributed by atoms with Gasteiger partial charge in [-0.15, -0.1) is 0 Å². The molecule has 0 fully saturated rings. The average Bonchev–Trinajstić information content (AvgIpc) is 2.33. The maximum absolute atomic E-state index is 5.52. The van der Waals surface area contributed by atoms with E-state index in [0.29, 0.717) is 12.5 Å². The summed E-state index contributed by atoms with van der Waals surface area (Å²) in [5.41, 5.74) is 1.09. The summed E-state index contributed by atoms with van der Waals surface area (Å²) >= 11 is 2.31. The molecule has 0 radical (unpaired) electrons. The second-order valence-corrected chi connectivity index (χ2v) is 5.50. The lowest BCUT2D eigenvalue weighted by Crippen LogP contribution is -2.11. The number of nitrogens with zero attached hydrogens (tertiary/aromatic N) is 2. The van der Waals surface area contributed by atoms with Crippen LogP contribution >= 0.6 is 22.6 Å². The molecule has 18 heavy (non-hydrogen) atoms. The monoisotopic (exact) mass is 363 g/mol. The molecule has 1 aromatic heterocycles. The molecule has 1 rings (SSSR count). The predicted octanol–water partition coefficient (Wildman–Crippen LogP) is 3.56. The summed E-state index contributed by atoms with van der Waals surface area (Å²) < 4.78 is 6.64. The summed E-state index contributed by atoms with van der Waals surface area (Å²) in [4.78, 5) is 9.13. The number of anilines is 1. The van der Waals surface area contributed by atoms with Gasteiger partial charge in [0.05, 0.1) is 9.26 Å². The van der Waals surface area contributed by atoms with E-state index < -0.39 is 0 Å². The van der Waals surface area contributed by atoms with E-state index >= 15 is 0 Å². The highest BCUT2D eigenvalue weighted by molar-refractivity contribution is 14.1. The van der Waals surface area contributed by atoms with Crippen LogP contribution in [-0.2, 0) is 11.3 Å². The molecule has 0 aliphatic rings. The maximum atomic E-state index is 5.52. The van der Waals surface area contributed by atoms with Crippen molar-refractivity contribution in [1.29, 1.82) is 0 Å². The van der Waals surface area contributed by atoms with Crippen LogP contribution in [-0.4, -0.2) is 23.1 Å². The zero-order valence-electron chi connectivity index (χ0n) is 11.6. The van der Waals surface area contributed by atoms with Crippen LogP contribution in [0, 0.1) is 3.57 Å². The fourth-order valence-electron chi connectivity index (χ4n) is 1.55. The Morgan fingerprint density at radius 1 is 1.28 bits per heavy atom. The van der Waals surface area contributed by atoms with Gasteiger partial charge in [-0.3, -0.25) is 0 Å². The highest BCUT2D eigenvalue weighted by Gasteiger charge is 2.14.